The van der Waals surface area contributed by atoms with Crippen LogP contribution in [0.5, 0.6) is 0 Å². The zero-order valence-corrected chi connectivity index (χ0v) is 15.3. The summed E-state index contributed by atoms with van der Waals surface area (Å²) in [6.07, 6.45) is 8.03. The van der Waals surface area contributed by atoms with Crippen molar-refractivity contribution >= 4 is 15.9 Å². The molecule has 1 fully saturated rings. The standard InChI is InChI=1S/C18H25N3O3S/c1-3-10-19-25(23,24)17-7-5-6-15(14-17)18(22)20-16-8-12-21(11-4-2)13-9-16/h1,5-7,14,16,19H,4,8-13H2,2H3,(H,20,22). The second-order valence-corrected chi connectivity index (χ2v) is 7.91. The predicted molar refractivity (Wildman–Crippen MR) is 97.7 cm³/mol. The molecular weight excluding hydrogens is 338 g/mol. The monoisotopic (exact) mass is 363 g/mol. The Morgan fingerprint density at radius 1 is 1.36 bits per heavy atom. The minimum absolute atomic E-state index is 0.0353. The van der Waals surface area contributed by atoms with Gasteiger partial charge in [-0.25, -0.2) is 8.42 Å². The number of amides is 1. The fourth-order valence-electron chi connectivity index (χ4n) is 2.91. The molecule has 0 aliphatic carbocycles. The van der Waals surface area contributed by atoms with Crippen LogP contribution in [0, 0.1) is 12.3 Å². The maximum atomic E-state index is 12.4. The van der Waals surface area contributed by atoms with Gasteiger partial charge in [-0.15, -0.1) is 6.42 Å². The molecule has 0 radical (unpaired) electrons. The van der Waals surface area contributed by atoms with Gasteiger partial charge in [0.05, 0.1) is 11.4 Å². The van der Waals surface area contributed by atoms with Gasteiger partial charge in [-0.3, -0.25) is 4.79 Å². The van der Waals surface area contributed by atoms with Gasteiger partial charge in [-0.2, -0.15) is 4.72 Å². The van der Waals surface area contributed by atoms with Gasteiger partial charge in [0.2, 0.25) is 10.0 Å². The molecule has 7 heteroatoms. The lowest BCUT2D eigenvalue weighted by Gasteiger charge is -2.32. The van der Waals surface area contributed by atoms with E-state index in [0.29, 0.717) is 5.56 Å². The molecule has 0 bridgehead atoms. The van der Waals surface area contributed by atoms with Crippen LogP contribution >= 0.6 is 0 Å². The first kappa shape index (κ1) is 19.4. The smallest absolute Gasteiger partial charge is 0.251 e. The Labute approximate surface area is 150 Å². The Morgan fingerprint density at radius 2 is 2.08 bits per heavy atom. The fourth-order valence-corrected chi connectivity index (χ4v) is 3.89. The van der Waals surface area contributed by atoms with Crippen LogP contribution in [0.1, 0.15) is 36.5 Å². The molecule has 1 aliphatic rings. The Balaban J connectivity index is 1.99. The summed E-state index contributed by atoms with van der Waals surface area (Å²) in [4.78, 5) is 14.9. The summed E-state index contributed by atoms with van der Waals surface area (Å²) in [6, 6.07) is 6.12. The molecule has 0 unspecified atom stereocenters. The summed E-state index contributed by atoms with van der Waals surface area (Å²) < 4.78 is 26.5. The van der Waals surface area contributed by atoms with E-state index in [2.05, 4.69) is 27.8 Å². The number of rotatable bonds is 7. The quantitative estimate of drug-likeness (QED) is 0.714. The molecule has 1 saturated heterocycles. The summed E-state index contributed by atoms with van der Waals surface area (Å²) in [5.74, 6) is 1.98. The van der Waals surface area contributed by atoms with Crippen molar-refractivity contribution in [3.8, 4) is 12.3 Å². The van der Waals surface area contributed by atoms with Crippen LogP contribution in [0.25, 0.3) is 0 Å². The number of terminal acetylenes is 1. The van der Waals surface area contributed by atoms with Gasteiger partial charge in [0.15, 0.2) is 0 Å². The predicted octanol–water partition coefficient (Wildman–Crippen LogP) is 1.20. The van der Waals surface area contributed by atoms with Gasteiger partial charge in [-0.1, -0.05) is 18.9 Å². The number of nitrogens with zero attached hydrogens (tertiary/aromatic N) is 1. The van der Waals surface area contributed by atoms with Crippen LogP contribution in [-0.2, 0) is 10.0 Å². The van der Waals surface area contributed by atoms with Crippen LogP contribution in [-0.4, -0.2) is 51.4 Å². The van der Waals surface area contributed by atoms with Gasteiger partial charge < -0.3 is 10.2 Å². The van der Waals surface area contributed by atoms with Crippen molar-refractivity contribution in [2.45, 2.75) is 37.1 Å². The van der Waals surface area contributed by atoms with E-state index in [0.717, 1.165) is 38.9 Å². The third-order valence-electron chi connectivity index (χ3n) is 4.23. The van der Waals surface area contributed by atoms with Gasteiger partial charge in [0, 0.05) is 24.7 Å². The highest BCUT2D eigenvalue weighted by Gasteiger charge is 2.21. The van der Waals surface area contributed by atoms with Crippen LogP contribution < -0.4 is 10.0 Å². The average molecular weight is 363 g/mol. The number of likely N-dealkylation sites (tertiary alicyclic amines) is 1. The zero-order valence-electron chi connectivity index (χ0n) is 14.5. The van der Waals surface area contributed by atoms with E-state index in [1.165, 1.54) is 12.1 Å². The van der Waals surface area contributed by atoms with E-state index in [1.807, 2.05) is 0 Å². The number of benzene rings is 1. The van der Waals surface area contributed by atoms with Gasteiger partial charge in [0.25, 0.3) is 5.91 Å². The number of piperidine rings is 1. The van der Waals surface area contributed by atoms with E-state index in [1.54, 1.807) is 12.1 Å². The number of hydrogen-bond acceptors (Lipinski definition) is 4. The lowest BCUT2D eigenvalue weighted by Crippen LogP contribution is -2.44. The van der Waals surface area contributed by atoms with E-state index in [4.69, 9.17) is 6.42 Å². The van der Waals surface area contributed by atoms with Crippen LogP contribution in [0.2, 0.25) is 0 Å². The summed E-state index contributed by atoms with van der Waals surface area (Å²) in [6.45, 7) is 5.11. The van der Waals surface area contributed by atoms with E-state index < -0.39 is 10.0 Å². The second-order valence-electron chi connectivity index (χ2n) is 6.15. The number of nitrogens with one attached hydrogen (secondary N) is 2. The number of carbonyl (C=O) groups excluding carboxylic acids is 1. The number of sulfonamides is 1. The minimum Gasteiger partial charge on any atom is -0.349 e. The molecule has 1 heterocycles. The molecule has 1 aliphatic heterocycles. The molecule has 0 saturated carbocycles. The molecule has 1 amide bonds. The third kappa shape index (κ3) is 5.56. The third-order valence-corrected chi connectivity index (χ3v) is 5.63. The Morgan fingerprint density at radius 3 is 2.72 bits per heavy atom. The van der Waals surface area contributed by atoms with E-state index in [-0.39, 0.29) is 23.4 Å². The van der Waals surface area contributed by atoms with Crippen LogP contribution in [0.3, 0.4) is 0 Å². The summed E-state index contributed by atoms with van der Waals surface area (Å²) in [7, 11) is -3.70. The van der Waals surface area contributed by atoms with E-state index >= 15 is 0 Å². The molecule has 25 heavy (non-hydrogen) atoms. The molecule has 0 aromatic heterocycles. The number of carbonyl (C=O) groups is 1. The molecule has 1 aromatic rings. The first-order valence-electron chi connectivity index (χ1n) is 8.52. The largest absolute Gasteiger partial charge is 0.349 e. The summed E-state index contributed by atoms with van der Waals surface area (Å²) in [5, 5.41) is 3.01. The van der Waals surface area contributed by atoms with Crippen molar-refractivity contribution in [3.63, 3.8) is 0 Å². The highest BCUT2D eigenvalue weighted by molar-refractivity contribution is 7.89. The van der Waals surface area contributed by atoms with Crippen molar-refractivity contribution in [2.24, 2.45) is 0 Å². The Bertz CT molecular complexity index is 732. The van der Waals surface area contributed by atoms with Crippen molar-refractivity contribution in [1.82, 2.24) is 14.9 Å². The average Bonchev–Trinajstić information content (AvgIpc) is 2.62. The molecule has 2 rings (SSSR count). The van der Waals surface area contributed by atoms with Crippen LogP contribution in [0.4, 0.5) is 0 Å². The molecule has 6 nitrogen and oxygen atoms in total. The second kappa shape index (κ2) is 8.99. The van der Waals surface area contributed by atoms with Gasteiger partial charge in [0.1, 0.15) is 0 Å². The van der Waals surface area contributed by atoms with Crippen molar-refractivity contribution < 1.29 is 13.2 Å². The Hall–Kier alpha value is -1.88. The topological polar surface area (TPSA) is 78.5 Å². The molecule has 0 atom stereocenters. The molecule has 136 valence electrons. The molecular formula is C18H25N3O3S. The lowest BCUT2D eigenvalue weighted by atomic mass is 10.0. The van der Waals surface area contributed by atoms with Gasteiger partial charge in [-0.05, 0) is 44.0 Å². The Kier molecular flexibility index (Phi) is 7.00. The van der Waals surface area contributed by atoms with Crippen LogP contribution in [0.15, 0.2) is 29.2 Å². The first-order chi connectivity index (χ1) is 12.0. The SMILES string of the molecule is C#CCNS(=O)(=O)c1cccc(C(=O)NC2CCN(CCC)CC2)c1. The van der Waals surface area contributed by atoms with Crippen molar-refractivity contribution in [1.29, 1.82) is 0 Å². The van der Waals surface area contributed by atoms with Crippen molar-refractivity contribution in [3.05, 3.63) is 29.8 Å². The van der Waals surface area contributed by atoms with Gasteiger partial charge >= 0.3 is 0 Å². The minimum atomic E-state index is -3.70. The summed E-state index contributed by atoms with van der Waals surface area (Å²) in [5.41, 5.74) is 0.333. The highest BCUT2D eigenvalue weighted by atomic mass is 32.2. The normalized spacial score (nSPS) is 16.3. The maximum Gasteiger partial charge on any atom is 0.251 e. The fraction of sp³-hybridized carbons (Fsp3) is 0.500. The van der Waals surface area contributed by atoms with E-state index in [9.17, 15) is 13.2 Å². The lowest BCUT2D eigenvalue weighted by molar-refractivity contribution is 0.0911. The first-order valence-corrected chi connectivity index (χ1v) is 10.0. The number of hydrogen-bond donors (Lipinski definition) is 2. The van der Waals surface area contributed by atoms with Crippen molar-refractivity contribution in [2.75, 3.05) is 26.2 Å². The summed E-state index contributed by atoms with van der Waals surface area (Å²) >= 11 is 0. The highest BCUT2D eigenvalue weighted by Crippen LogP contribution is 2.14. The molecule has 1 aromatic carbocycles. The molecule has 2 N–H and O–H groups in total. The maximum absolute atomic E-state index is 12.4. The zero-order chi connectivity index (χ0) is 18.3. The molecule has 0 spiro atoms.